The summed E-state index contributed by atoms with van der Waals surface area (Å²) in [7, 11) is 7.77. The quantitative estimate of drug-likeness (QED) is 0.230. The van der Waals surface area contributed by atoms with E-state index < -0.39 is 0 Å². The third-order valence-electron chi connectivity index (χ3n) is 6.91. The van der Waals surface area contributed by atoms with Gasteiger partial charge in [0, 0.05) is 74.1 Å². The molecule has 10 nitrogen and oxygen atoms in total. The number of hydrogen-bond acceptors (Lipinski definition) is 8. The minimum absolute atomic E-state index is 0.240. The Morgan fingerprint density at radius 3 is 1.40 bits per heavy atom. The zero-order valence-electron chi connectivity index (χ0n) is 23.0. The van der Waals surface area contributed by atoms with Crippen LogP contribution in [-0.4, -0.2) is 53.6 Å². The predicted molar refractivity (Wildman–Crippen MR) is 161 cm³/mol. The summed E-state index contributed by atoms with van der Waals surface area (Å²) in [6, 6.07) is 16.0. The highest BCUT2D eigenvalue weighted by molar-refractivity contribution is 6.28. The summed E-state index contributed by atoms with van der Waals surface area (Å²) in [5.41, 5.74) is 6.25. The van der Waals surface area contributed by atoms with Crippen molar-refractivity contribution >= 4 is 68.0 Å². The average molecular weight is 576 g/mol. The Bertz CT molecular complexity index is 1690. The second-order valence-corrected chi connectivity index (χ2v) is 9.98. The van der Waals surface area contributed by atoms with Crippen molar-refractivity contribution in [2.24, 2.45) is 14.1 Å². The van der Waals surface area contributed by atoms with E-state index in [1.165, 1.54) is 0 Å². The van der Waals surface area contributed by atoms with E-state index in [0.717, 1.165) is 56.2 Å². The molecule has 0 aliphatic rings. The fourth-order valence-corrected chi connectivity index (χ4v) is 4.63. The molecule has 0 aliphatic heterocycles. The van der Waals surface area contributed by atoms with E-state index in [9.17, 15) is 0 Å². The van der Waals surface area contributed by atoms with Crippen molar-refractivity contribution in [1.82, 2.24) is 39.5 Å². The van der Waals surface area contributed by atoms with E-state index in [1.54, 1.807) is 12.4 Å². The predicted octanol–water partition coefficient (Wildman–Crippen LogP) is 6.19. The van der Waals surface area contributed by atoms with Crippen molar-refractivity contribution < 1.29 is 0 Å². The van der Waals surface area contributed by atoms with E-state index in [4.69, 9.17) is 23.2 Å². The van der Waals surface area contributed by atoms with Gasteiger partial charge in [-0.3, -0.25) is 9.36 Å². The number of anilines is 4. The van der Waals surface area contributed by atoms with Crippen molar-refractivity contribution in [1.29, 1.82) is 0 Å². The summed E-state index contributed by atoms with van der Waals surface area (Å²) in [6.07, 6.45) is 3.29. The number of nitrogens with zero attached hydrogens (tertiary/aromatic N) is 10. The van der Waals surface area contributed by atoms with Gasteiger partial charge in [0.15, 0.2) is 0 Å². The minimum Gasteiger partial charge on any atom is -0.329 e. The minimum atomic E-state index is 0.240. The van der Waals surface area contributed by atoms with E-state index in [1.807, 2.05) is 83.8 Å². The number of hydrogen-bond donors (Lipinski definition) is 0. The maximum atomic E-state index is 5.83. The molecular weight excluding hydrogens is 547 g/mol. The lowest BCUT2D eigenvalue weighted by Gasteiger charge is -2.18. The molecule has 0 radical (unpaired) electrons. The molecule has 0 fully saturated rings. The Kier molecular flexibility index (Phi) is 7.55. The van der Waals surface area contributed by atoms with Gasteiger partial charge < -0.3 is 9.80 Å². The van der Waals surface area contributed by atoms with Crippen LogP contribution in [-0.2, 0) is 14.1 Å². The fraction of sp³-hybridized carbons (Fsp3) is 0.214. The normalized spacial score (nSPS) is 11.0. The van der Waals surface area contributed by atoms with Gasteiger partial charge in [0.1, 0.15) is 11.6 Å². The van der Waals surface area contributed by atoms with Gasteiger partial charge in [-0.1, -0.05) is 0 Å². The van der Waals surface area contributed by atoms with Gasteiger partial charge in [0.25, 0.3) is 0 Å². The highest BCUT2D eigenvalue weighted by Crippen LogP contribution is 2.28. The van der Waals surface area contributed by atoms with Gasteiger partial charge in [-0.05, 0) is 85.6 Å². The first-order valence-electron chi connectivity index (χ1n) is 12.4. The smallest absolute Gasteiger partial charge is 0.224 e. The lowest BCUT2D eigenvalue weighted by Crippen LogP contribution is -2.11. The molecule has 0 unspecified atom stereocenters. The molecule has 0 aliphatic carbocycles. The van der Waals surface area contributed by atoms with Gasteiger partial charge in [-0.25, -0.2) is 19.9 Å². The molecule has 4 heterocycles. The van der Waals surface area contributed by atoms with Gasteiger partial charge in [-0.2, -0.15) is 10.2 Å². The van der Waals surface area contributed by atoms with Gasteiger partial charge >= 0.3 is 0 Å². The number of halogens is 2. The second kappa shape index (κ2) is 11.1. The van der Waals surface area contributed by atoms with Crippen molar-refractivity contribution in [3.63, 3.8) is 0 Å². The second-order valence-electron chi connectivity index (χ2n) is 9.31. The lowest BCUT2D eigenvalue weighted by molar-refractivity contribution is 0.751. The molecule has 0 spiro atoms. The van der Waals surface area contributed by atoms with E-state index >= 15 is 0 Å². The summed E-state index contributed by atoms with van der Waals surface area (Å²) >= 11 is 11.7. The van der Waals surface area contributed by atoms with Crippen LogP contribution in [0.5, 0.6) is 0 Å². The van der Waals surface area contributed by atoms with Crippen LogP contribution in [0, 0.1) is 13.8 Å². The maximum Gasteiger partial charge on any atom is 0.224 e. The molecule has 6 aromatic rings. The third-order valence-corrected chi connectivity index (χ3v) is 7.28. The lowest BCUT2D eigenvalue weighted by atomic mass is 10.2. The molecule has 204 valence electrons. The summed E-state index contributed by atoms with van der Waals surface area (Å²) in [5.74, 6) is 1.49. The number of fused-ring (bicyclic) bond motifs is 2. The molecule has 0 amide bonds. The molecule has 0 N–H and O–H groups in total. The summed E-state index contributed by atoms with van der Waals surface area (Å²) in [4.78, 5) is 20.1. The molecule has 12 heteroatoms. The Labute approximate surface area is 241 Å². The van der Waals surface area contributed by atoms with Gasteiger partial charge in [0.2, 0.25) is 10.6 Å². The Balaban J connectivity index is 0.000000161. The highest BCUT2D eigenvalue weighted by atomic mass is 35.5. The molecule has 0 saturated heterocycles. The maximum absolute atomic E-state index is 5.83. The summed E-state index contributed by atoms with van der Waals surface area (Å²) in [5, 5.41) is 11.8. The van der Waals surface area contributed by atoms with Gasteiger partial charge in [0.05, 0.1) is 11.0 Å². The monoisotopic (exact) mass is 574 g/mol. The molecule has 0 saturated carbocycles. The fourth-order valence-electron chi connectivity index (χ4n) is 4.35. The first-order valence-corrected chi connectivity index (χ1v) is 13.2. The molecular formula is C28H28Cl2N10. The van der Waals surface area contributed by atoms with E-state index in [-0.39, 0.29) is 10.6 Å². The molecule has 0 bridgehead atoms. The van der Waals surface area contributed by atoms with E-state index in [0.29, 0.717) is 0 Å². The molecule has 2 aromatic carbocycles. The van der Waals surface area contributed by atoms with Crippen LogP contribution in [0.3, 0.4) is 0 Å². The highest BCUT2D eigenvalue weighted by Gasteiger charge is 2.12. The average Bonchev–Trinajstić information content (AvgIpc) is 3.40. The molecule has 6 rings (SSSR count). The summed E-state index contributed by atoms with van der Waals surface area (Å²) < 4.78 is 3.77. The molecule has 40 heavy (non-hydrogen) atoms. The Hall–Kier alpha value is -4.28. The Morgan fingerprint density at radius 2 is 1.02 bits per heavy atom. The van der Waals surface area contributed by atoms with Crippen molar-refractivity contribution in [3.8, 4) is 0 Å². The van der Waals surface area contributed by atoms with Crippen LogP contribution in [0.25, 0.3) is 21.8 Å². The number of rotatable bonds is 4. The number of aromatic nitrogens is 8. The number of benzene rings is 2. The van der Waals surface area contributed by atoms with Crippen LogP contribution >= 0.6 is 23.2 Å². The molecule has 4 aromatic heterocycles. The first kappa shape index (κ1) is 27.3. The zero-order chi connectivity index (χ0) is 28.6. The van der Waals surface area contributed by atoms with Crippen molar-refractivity contribution in [2.75, 3.05) is 23.9 Å². The van der Waals surface area contributed by atoms with Crippen LogP contribution in [0.2, 0.25) is 10.6 Å². The van der Waals surface area contributed by atoms with Crippen LogP contribution in [0.4, 0.5) is 23.0 Å². The van der Waals surface area contributed by atoms with Gasteiger partial charge in [-0.15, -0.1) is 0 Å². The topological polar surface area (TPSA) is 93.7 Å². The van der Waals surface area contributed by atoms with Crippen LogP contribution in [0.1, 0.15) is 11.4 Å². The van der Waals surface area contributed by atoms with E-state index in [2.05, 4.69) is 56.1 Å². The van der Waals surface area contributed by atoms with Crippen LogP contribution in [0.15, 0.2) is 60.9 Å². The molecule has 0 atom stereocenters. The largest absolute Gasteiger partial charge is 0.329 e. The first-order chi connectivity index (χ1) is 19.1. The van der Waals surface area contributed by atoms with Crippen LogP contribution < -0.4 is 9.80 Å². The standard InChI is InChI=1S/2C14H14ClN5/c2*1-9-11-5-4-10(8-12(11)18-20(9)3)19(2)13-6-7-16-14(15)17-13/h2*4-8H,1-3H3. The van der Waals surface area contributed by atoms with Crippen molar-refractivity contribution in [2.45, 2.75) is 13.8 Å². The summed E-state index contributed by atoms with van der Waals surface area (Å²) in [6.45, 7) is 4.12. The SMILES string of the molecule is Cc1c2ccc(N(C)c3ccnc(Cl)n3)cc2nn1C.Cc1c2ccc(N(C)c3ccnc(Cl)n3)cc2nn1C. The van der Waals surface area contributed by atoms with Crippen molar-refractivity contribution in [3.05, 3.63) is 82.9 Å². The zero-order valence-corrected chi connectivity index (χ0v) is 24.5. The third kappa shape index (κ3) is 5.41. The number of aryl methyl sites for hydroxylation is 4. The Morgan fingerprint density at radius 1 is 0.625 bits per heavy atom.